The maximum Gasteiger partial charge on any atom is 0.414 e. The molecule has 0 spiro atoms. The number of likely N-dealkylation sites (tertiary alicyclic amines) is 1. The number of carbonyl (C=O) groups is 2. The van der Waals surface area contributed by atoms with E-state index in [1.807, 2.05) is 7.11 Å². The Hall–Kier alpha value is -2.90. The minimum Gasteiger partial charge on any atom is -0.493 e. The Morgan fingerprint density at radius 2 is 1.69 bits per heavy atom. The Morgan fingerprint density at radius 3 is 2.34 bits per heavy atom. The highest BCUT2D eigenvalue weighted by atomic mass is 16.5. The molecule has 1 aliphatic heterocycles. The first-order valence-corrected chi connectivity index (χ1v) is 12.4. The van der Waals surface area contributed by atoms with Gasteiger partial charge in [0.25, 0.3) is 0 Å². The lowest BCUT2D eigenvalue weighted by atomic mass is 9.90. The molecule has 2 N–H and O–H groups in total. The van der Waals surface area contributed by atoms with Gasteiger partial charge in [0, 0.05) is 20.1 Å². The number of ether oxygens (including phenoxy) is 2. The van der Waals surface area contributed by atoms with Gasteiger partial charge < -0.3 is 24.6 Å². The number of carboxylic acids is 2. The minimum atomic E-state index is -1.82. The van der Waals surface area contributed by atoms with Crippen molar-refractivity contribution in [2.45, 2.75) is 51.6 Å². The molecule has 7 nitrogen and oxygen atoms in total. The van der Waals surface area contributed by atoms with Crippen molar-refractivity contribution < 1.29 is 29.3 Å². The fourth-order valence-corrected chi connectivity index (χ4v) is 4.34. The SMILES string of the molecule is CCCCCN1CC[C@@H](CCOc2ccccc2Cc2ccccc2)[C@@H](OC)C1.O=C(O)C(=O)O. The first-order valence-electron chi connectivity index (χ1n) is 12.4. The standard InChI is InChI=1S/C26H37NO2.C2H2O4/c1-3-4-10-17-27-18-15-23(26(21-27)28-2)16-19-29-25-14-9-8-13-24(25)20-22-11-6-5-7-12-22;3-1(4)2(5)6/h5-9,11-14,23,26H,3-4,10,15-21H2,1-2H3;(H,3,4)(H,5,6)/t23-,26-;/m0./s1. The number of unbranched alkanes of at least 4 members (excludes halogenated alkanes) is 2. The van der Waals surface area contributed by atoms with Crippen molar-refractivity contribution in [3.63, 3.8) is 0 Å². The summed E-state index contributed by atoms with van der Waals surface area (Å²) >= 11 is 0. The van der Waals surface area contributed by atoms with E-state index in [1.54, 1.807) is 0 Å². The fraction of sp³-hybridized carbons (Fsp3) is 0.500. The van der Waals surface area contributed by atoms with E-state index in [9.17, 15) is 0 Å². The highest BCUT2D eigenvalue weighted by Gasteiger charge is 2.28. The summed E-state index contributed by atoms with van der Waals surface area (Å²) in [5.41, 5.74) is 2.58. The van der Waals surface area contributed by atoms with Crippen molar-refractivity contribution in [2.75, 3.05) is 33.4 Å². The van der Waals surface area contributed by atoms with Crippen LogP contribution < -0.4 is 4.74 Å². The molecular formula is C28H39NO6. The third-order valence-corrected chi connectivity index (χ3v) is 6.30. The molecule has 35 heavy (non-hydrogen) atoms. The summed E-state index contributed by atoms with van der Waals surface area (Å²) in [4.78, 5) is 20.8. The smallest absolute Gasteiger partial charge is 0.414 e. The quantitative estimate of drug-likeness (QED) is 0.351. The summed E-state index contributed by atoms with van der Waals surface area (Å²) in [6.07, 6.45) is 7.42. The third-order valence-electron chi connectivity index (χ3n) is 6.30. The molecule has 1 saturated heterocycles. The molecule has 0 saturated carbocycles. The van der Waals surface area contributed by atoms with Gasteiger partial charge in [-0.3, -0.25) is 0 Å². The van der Waals surface area contributed by atoms with Crippen molar-refractivity contribution in [3.8, 4) is 5.75 Å². The highest BCUT2D eigenvalue weighted by Crippen LogP contribution is 2.26. The number of aliphatic carboxylic acids is 2. The molecule has 2 aromatic rings. The zero-order valence-corrected chi connectivity index (χ0v) is 20.9. The first kappa shape index (κ1) is 28.3. The van der Waals surface area contributed by atoms with Gasteiger partial charge in [-0.15, -0.1) is 0 Å². The number of benzene rings is 2. The van der Waals surface area contributed by atoms with Crippen molar-refractivity contribution in [3.05, 3.63) is 65.7 Å². The number of nitrogens with zero attached hydrogens (tertiary/aromatic N) is 1. The van der Waals surface area contributed by atoms with Gasteiger partial charge in [-0.05, 0) is 55.5 Å². The van der Waals surface area contributed by atoms with Crippen molar-refractivity contribution >= 4 is 11.9 Å². The second kappa shape index (κ2) is 15.9. The van der Waals surface area contributed by atoms with E-state index < -0.39 is 11.9 Å². The number of piperidine rings is 1. The summed E-state index contributed by atoms with van der Waals surface area (Å²) in [7, 11) is 1.86. The van der Waals surface area contributed by atoms with E-state index in [2.05, 4.69) is 66.4 Å². The lowest BCUT2D eigenvalue weighted by Gasteiger charge is -2.38. The van der Waals surface area contributed by atoms with Crippen LogP contribution in [0.1, 0.15) is 50.2 Å². The Kier molecular flexibility index (Phi) is 12.9. The fourth-order valence-electron chi connectivity index (χ4n) is 4.34. The van der Waals surface area contributed by atoms with Gasteiger partial charge >= 0.3 is 11.9 Å². The number of hydrogen-bond donors (Lipinski definition) is 2. The summed E-state index contributed by atoms with van der Waals surface area (Å²) in [6.45, 7) is 6.49. The second-order valence-corrected chi connectivity index (χ2v) is 8.85. The van der Waals surface area contributed by atoms with Gasteiger partial charge in [0.1, 0.15) is 5.75 Å². The zero-order chi connectivity index (χ0) is 25.5. The predicted octanol–water partition coefficient (Wildman–Crippen LogP) is 4.73. The van der Waals surface area contributed by atoms with Gasteiger partial charge in [0.2, 0.25) is 0 Å². The number of para-hydroxylation sites is 1. The Labute approximate surface area is 208 Å². The van der Waals surface area contributed by atoms with Crippen LogP contribution in [0.15, 0.2) is 54.6 Å². The molecule has 3 rings (SSSR count). The monoisotopic (exact) mass is 485 g/mol. The minimum absolute atomic E-state index is 0.327. The summed E-state index contributed by atoms with van der Waals surface area (Å²) in [6, 6.07) is 19.0. The van der Waals surface area contributed by atoms with Gasteiger partial charge in [0.15, 0.2) is 0 Å². The second-order valence-electron chi connectivity index (χ2n) is 8.85. The van der Waals surface area contributed by atoms with Crippen molar-refractivity contribution in [2.24, 2.45) is 5.92 Å². The highest BCUT2D eigenvalue weighted by molar-refractivity contribution is 6.27. The Bertz CT molecular complexity index is 876. The average Bonchev–Trinajstić information content (AvgIpc) is 2.87. The topological polar surface area (TPSA) is 96.3 Å². The normalized spacial score (nSPS) is 17.8. The molecule has 0 bridgehead atoms. The molecule has 2 aromatic carbocycles. The molecule has 0 aromatic heterocycles. The van der Waals surface area contributed by atoms with E-state index in [0.717, 1.165) is 31.7 Å². The summed E-state index contributed by atoms with van der Waals surface area (Å²) in [5, 5.41) is 14.8. The van der Waals surface area contributed by atoms with Gasteiger partial charge in [-0.2, -0.15) is 0 Å². The lowest BCUT2D eigenvalue weighted by Crippen LogP contribution is -2.45. The molecule has 0 unspecified atom stereocenters. The van der Waals surface area contributed by atoms with Crippen LogP contribution in [-0.2, 0) is 20.7 Å². The molecule has 7 heteroatoms. The van der Waals surface area contributed by atoms with Crippen LogP contribution in [0.4, 0.5) is 0 Å². The Balaban J connectivity index is 0.000000641. The first-order chi connectivity index (χ1) is 16.9. The Morgan fingerprint density at radius 1 is 1.00 bits per heavy atom. The zero-order valence-electron chi connectivity index (χ0n) is 20.9. The van der Waals surface area contributed by atoms with E-state index in [4.69, 9.17) is 29.3 Å². The molecule has 1 heterocycles. The number of methoxy groups -OCH3 is 1. The maximum atomic E-state index is 9.10. The molecule has 1 aliphatic rings. The average molecular weight is 486 g/mol. The molecule has 0 amide bonds. The van der Waals surface area contributed by atoms with Crippen LogP contribution in [0.2, 0.25) is 0 Å². The van der Waals surface area contributed by atoms with Crippen LogP contribution in [0.3, 0.4) is 0 Å². The van der Waals surface area contributed by atoms with Crippen LogP contribution in [0, 0.1) is 5.92 Å². The molecule has 1 fully saturated rings. The van der Waals surface area contributed by atoms with Gasteiger partial charge in [-0.1, -0.05) is 68.3 Å². The van der Waals surface area contributed by atoms with Crippen LogP contribution >= 0.6 is 0 Å². The lowest BCUT2D eigenvalue weighted by molar-refractivity contribution is -0.159. The van der Waals surface area contributed by atoms with Gasteiger partial charge in [-0.25, -0.2) is 9.59 Å². The molecule has 2 atom stereocenters. The maximum absolute atomic E-state index is 9.10. The van der Waals surface area contributed by atoms with Crippen molar-refractivity contribution in [1.82, 2.24) is 4.90 Å². The van der Waals surface area contributed by atoms with Gasteiger partial charge in [0.05, 0.1) is 12.7 Å². The summed E-state index contributed by atoms with van der Waals surface area (Å²) in [5.74, 6) is -2.05. The van der Waals surface area contributed by atoms with E-state index in [0.29, 0.717) is 12.0 Å². The molecular weight excluding hydrogens is 446 g/mol. The van der Waals surface area contributed by atoms with E-state index in [1.165, 1.54) is 49.9 Å². The number of rotatable bonds is 11. The van der Waals surface area contributed by atoms with Crippen LogP contribution in [0.25, 0.3) is 0 Å². The van der Waals surface area contributed by atoms with E-state index >= 15 is 0 Å². The molecule has 192 valence electrons. The third kappa shape index (κ3) is 10.5. The molecule has 0 radical (unpaired) electrons. The molecule has 0 aliphatic carbocycles. The van der Waals surface area contributed by atoms with Crippen LogP contribution in [-0.4, -0.2) is 66.5 Å². The number of hydrogen-bond acceptors (Lipinski definition) is 5. The summed E-state index contributed by atoms with van der Waals surface area (Å²) < 4.78 is 12.1. The van der Waals surface area contributed by atoms with E-state index in [-0.39, 0.29) is 0 Å². The number of carboxylic acid groups (broad SMARTS) is 2. The van der Waals surface area contributed by atoms with Crippen molar-refractivity contribution in [1.29, 1.82) is 0 Å². The van der Waals surface area contributed by atoms with Crippen LogP contribution in [0.5, 0.6) is 5.75 Å². The predicted molar refractivity (Wildman–Crippen MR) is 136 cm³/mol. The largest absolute Gasteiger partial charge is 0.493 e.